The fourth-order valence-electron chi connectivity index (χ4n) is 2.56. The molecule has 0 saturated heterocycles. The number of rotatable bonds is 2. The molecule has 1 aliphatic rings. The van der Waals surface area contributed by atoms with Crippen molar-refractivity contribution in [1.82, 2.24) is 4.90 Å². The van der Waals surface area contributed by atoms with E-state index >= 15 is 0 Å². The molecule has 1 aliphatic carbocycles. The van der Waals surface area contributed by atoms with Gasteiger partial charge in [-0.3, -0.25) is 4.79 Å². The lowest BCUT2D eigenvalue weighted by Gasteiger charge is -2.38. The zero-order valence-electron chi connectivity index (χ0n) is 9.92. The van der Waals surface area contributed by atoms with Crippen LogP contribution >= 0.6 is 0 Å². The molecular formula is C12H23NO. The fraction of sp³-hybridized carbons (Fsp3) is 0.917. The molecule has 1 saturated carbocycles. The van der Waals surface area contributed by atoms with Crippen molar-refractivity contribution in [1.29, 1.82) is 0 Å². The van der Waals surface area contributed by atoms with Crippen molar-refractivity contribution in [3.63, 3.8) is 0 Å². The van der Waals surface area contributed by atoms with Gasteiger partial charge >= 0.3 is 0 Å². The molecule has 0 aromatic rings. The molecule has 0 spiro atoms. The summed E-state index contributed by atoms with van der Waals surface area (Å²) in [4.78, 5) is 13.6. The lowest BCUT2D eigenvalue weighted by molar-refractivity contribution is -0.134. The molecule has 14 heavy (non-hydrogen) atoms. The molecule has 1 amide bonds. The molecule has 82 valence electrons. The smallest absolute Gasteiger partial charge is 0.219 e. The second-order valence-corrected chi connectivity index (χ2v) is 4.93. The van der Waals surface area contributed by atoms with Crippen molar-refractivity contribution in [2.24, 2.45) is 5.92 Å². The van der Waals surface area contributed by atoms with Gasteiger partial charge in [-0.1, -0.05) is 6.92 Å². The van der Waals surface area contributed by atoms with Crippen LogP contribution in [0, 0.1) is 5.92 Å². The van der Waals surface area contributed by atoms with E-state index in [4.69, 9.17) is 0 Å². The van der Waals surface area contributed by atoms with Crippen molar-refractivity contribution in [2.45, 2.75) is 65.5 Å². The Balaban J connectivity index is 2.56. The van der Waals surface area contributed by atoms with Crippen LogP contribution < -0.4 is 0 Å². The third kappa shape index (κ3) is 2.73. The van der Waals surface area contributed by atoms with Gasteiger partial charge in [0.05, 0.1) is 0 Å². The van der Waals surface area contributed by atoms with E-state index < -0.39 is 0 Å². The van der Waals surface area contributed by atoms with Crippen molar-refractivity contribution >= 4 is 5.91 Å². The van der Waals surface area contributed by atoms with Crippen molar-refractivity contribution in [3.05, 3.63) is 0 Å². The normalized spacial score (nSPS) is 27.8. The van der Waals surface area contributed by atoms with Gasteiger partial charge in [-0.05, 0) is 45.4 Å². The average molecular weight is 197 g/mol. The summed E-state index contributed by atoms with van der Waals surface area (Å²) in [7, 11) is 0. The maximum absolute atomic E-state index is 11.5. The summed E-state index contributed by atoms with van der Waals surface area (Å²) in [5.74, 6) is 1.09. The van der Waals surface area contributed by atoms with Gasteiger partial charge in [0.25, 0.3) is 0 Å². The molecule has 0 unspecified atom stereocenters. The maximum atomic E-state index is 11.5. The van der Waals surface area contributed by atoms with E-state index in [0.717, 1.165) is 5.92 Å². The Bertz CT molecular complexity index is 192. The van der Waals surface area contributed by atoms with E-state index in [1.165, 1.54) is 25.7 Å². The molecule has 0 bridgehead atoms. The largest absolute Gasteiger partial charge is 0.338 e. The predicted octanol–water partition coefficient (Wildman–Crippen LogP) is 2.82. The quantitative estimate of drug-likeness (QED) is 0.666. The van der Waals surface area contributed by atoms with Gasteiger partial charge in [0.1, 0.15) is 0 Å². The van der Waals surface area contributed by atoms with Gasteiger partial charge in [0.15, 0.2) is 0 Å². The zero-order valence-corrected chi connectivity index (χ0v) is 9.92. The third-order valence-corrected chi connectivity index (χ3v) is 3.30. The summed E-state index contributed by atoms with van der Waals surface area (Å²) >= 11 is 0. The Morgan fingerprint density at radius 3 is 2.07 bits per heavy atom. The summed E-state index contributed by atoms with van der Waals surface area (Å²) < 4.78 is 0. The van der Waals surface area contributed by atoms with Crippen LogP contribution in [0.4, 0.5) is 0 Å². The summed E-state index contributed by atoms with van der Waals surface area (Å²) in [6.07, 6.45) is 4.94. The van der Waals surface area contributed by atoms with Crippen LogP contribution in [0.2, 0.25) is 0 Å². The first-order valence-electron chi connectivity index (χ1n) is 5.81. The van der Waals surface area contributed by atoms with E-state index in [9.17, 15) is 4.79 Å². The number of carbonyl (C=O) groups excluding carboxylic acids is 1. The zero-order chi connectivity index (χ0) is 10.7. The maximum Gasteiger partial charge on any atom is 0.219 e. The summed E-state index contributed by atoms with van der Waals surface area (Å²) in [5.41, 5.74) is 0. The molecule has 2 nitrogen and oxygen atoms in total. The van der Waals surface area contributed by atoms with Gasteiger partial charge < -0.3 is 4.90 Å². The molecule has 1 fully saturated rings. The molecule has 0 aromatic heterocycles. The minimum atomic E-state index is 0.236. The summed E-state index contributed by atoms with van der Waals surface area (Å²) in [6, 6.07) is 0.856. The van der Waals surface area contributed by atoms with Gasteiger partial charge in [0.2, 0.25) is 5.91 Å². The second-order valence-electron chi connectivity index (χ2n) is 4.93. The predicted molar refractivity (Wildman–Crippen MR) is 59.1 cm³/mol. The molecule has 1 rings (SSSR count). The van der Waals surface area contributed by atoms with Crippen molar-refractivity contribution < 1.29 is 4.79 Å². The second kappa shape index (κ2) is 4.81. The van der Waals surface area contributed by atoms with Gasteiger partial charge in [0, 0.05) is 19.0 Å². The van der Waals surface area contributed by atoms with E-state index in [2.05, 4.69) is 25.7 Å². The molecular weight excluding hydrogens is 174 g/mol. The van der Waals surface area contributed by atoms with Gasteiger partial charge in [-0.25, -0.2) is 0 Å². The van der Waals surface area contributed by atoms with Crippen molar-refractivity contribution in [3.8, 4) is 0 Å². The molecule has 0 N–H and O–H groups in total. The number of amides is 1. The van der Waals surface area contributed by atoms with Crippen LogP contribution in [0.3, 0.4) is 0 Å². The van der Waals surface area contributed by atoms with Crippen LogP contribution in [0.15, 0.2) is 0 Å². The Labute approximate surface area is 87.7 Å². The van der Waals surface area contributed by atoms with Crippen LogP contribution in [-0.2, 0) is 4.79 Å². The molecule has 2 heteroatoms. The minimum Gasteiger partial charge on any atom is -0.338 e. The lowest BCUT2D eigenvalue weighted by atomic mass is 9.86. The summed E-state index contributed by atoms with van der Waals surface area (Å²) in [5, 5.41) is 0. The topological polar surface area (TPSA) is 20.3 Å². The van der Waals surface area contributed by atoms with E-state index in [1.807, 2.05) is 0 Å². The third-order valence-electron chi connectivity index (χ3n) is 3.30. The summed E-state index contributed by atoms with van der Waals surface area (Å²) in [6.45, 7) is 8.22. The fourth-order valence-corrected chi connectivity index (χ4v) is 2.56. The Hall–Kier alpha value is -0.530. The average Bonchev–Trinajstić information content (AvgIpc) is 2.07. The number of carbonyl (C=O) groups is 1. The number of hydrogen-bond donors (Lipinski definition) is 0. The number of hydrogen-bond acceptors (Lipinski definition) is 1. The highest BCUT2D eigenvalue weighted by atomic mass is 16.2. The monoisotopic (exact) mass is 197 g/mol. The highest BCUT2D eigenvalue weighted by Gasteiger charge is 2.27. The van der Waals surface area contributed by atoms with Crippen LogP contribution in [0.1, 0.15) is 53.4 Å². The first-order chi connectivity index (χ1) is 6.52. The van der Waals surface area contributed by atoms with Gasteiger partial charge in [-0.15, -0.1) is 0 Å². The van der Waals surface area contributed by atoms with Gasteiger partial charge in [-0.2, -0.15) is 0 Å². The van der Waals surface area contributed by atoms with Crippen LogP contribution in [0.25, 0.3) is 0 Å². The van der Waals surface area contributed by atoms with Crippen molar-refractivity contribution in [2.75, 3.05) is 0 Å². The standard InChI is InChI=1S/C12H23NO/c1-9(2)13(11(4)14)12-7-5-10(3)6-8-12/h9-10,12H,5-8H2,1-4H3/t10-,12-. The van der Waals surface area contributed by atoms with Crippen LogP contribution in [-0.4, -0.2) is 22.9 Å². The Morgan fingerprint density at radius 1 is 1.21 bits per heavy atom. The molecule has 0 aliphatic heterocycles. The molecule has 0 heterocycles. The first-order valence-corrected chi connectivity index (χ1v) is 5.81. The first kappa shape index (κ1) is 11.5. The highest BCUT2D eigenvalue weighted by Crippen LogP contribution is 2.28. The Morgan fingerprint density at radius 2 is 1.71 bits per heavy atom. The minimum absolute atomic E-state index is 0.236. The van der Waals surface area contributed by atoms with E-state index in [0.29, 0.717) is 12.1 Å². The molecule has 0 atom stereocenters. The van der Waals surface area contributed by atoms with E-state index in [1.54, 1.807) is 6.92 Å². The molecule has 0 radical (unpaired) electrons. The SMILES string of the molecule is CC(=O)N(C(C)C)[C@H]1CC[C@H](C)CC1. The molecule has 0 aromatic carbocycles. The van der Waals surface area contributed by atoms with Crippen LogP contribution in [0.5, 0.6) is 0 Å². The van der Waals surface area contributed by atoms with E-state index in [-0.39, 0.29) is 5.91 Å². The Kier molecular flexibility index (Phi) is 3.97. The lowest BCUT2D eigenvalue weighted by Crippen LogP contribution is -2.45. The number of nitrogens with zero attached hydrogens (tertiary/aromatic N) is 1. The highest BCUT2D eigenvalue weighted by molar-refractivity contribution is 5.73.